The number of para-hydroxylation sites is 1. The summed E-state index contributed by atoms with van der Waals surface area (Å²) in [6.45, 7) is 1.41. The highest BCUT2D eigenvalue weighted by molar-refractivity contribution is 5.93. The first-order valence-corrected chi connectivity index (χ1v) is 9.48. The second-order valence-electron chi connectivity index (χ2n) is 6.74. The molecule has 0 aliphatic heterocycles. The van der Waals surface area contributed by atoms with Gasteiger partial charge in [0.1, 0.15) is 17.9 Å². The summed E-state index contributed by atoms with van der Waals surface area (Å²) in [6.07, 6.45) is 0. The van der Waals surface area contributed by atoms with Crippen molar-refractivity contribution < 1.29 is 33.3 Å². The van der Waals surface area contributed by atoms with E-state index in [9.17, 15) is 9.59 Å². The maximum Gasteiger partial charge on any atom is 0.329 e. The van der Waals surface area contributed by atoms with Crippen molar-refractivity contribution in [3.63, 3.8) is 0 Å². The Morgan fingerprint density at radius 3 is 2.06 bits per heavy atom. The Hall–Kier alpha value is -3.46. The molecule has 0 fully saturated rings. The highest BCUT2D eigenvalue weighted by atomic mass is 16.5. The van der Waals surface area contributed by atoms with Gasteiger partial charge in [-0.2, -0.15) is 0 Å². The van der Waals surface area contributed by atoms with E-state index in [1.165, 1.54) is 28.4 Å². The van der Waals surface area contributed by atoms with Crippen LogP contribution in [0.15, 0.2) is 42.5 Å². The summed E-state index contributed by atoms with van der Waals surface area (Å²) in [7, 11) is 5.74. The largest absolute Gasteiger partial charge is 0.493 e. The van der Waals surface area contributed by atoms with Crippen LogP contribution >= 0.6 is 0 Å². The smallest absolute Gasteiger partial charge is 0.329 e. The SMILES string of the molecule is COC(=O)C(C)(COc1ccccc1)NCC(=O)Nc1cc(OC)c(OC)c(OC)c1. The molecule has 0 heterocycles. The second kappa shape index (κ2) is 11.1. The van der Waals surface area contributed by atoms with E-state index < -0.39 is 11.5 Å². The molecule has 0 bridgehead atoms. The molecular weight excluding hydrogens is 404 g/mol. The standard InChI is InChI=1S/C22H28N2O7/c1-22(21(26)30-5,14-31-16-9-7-6-8-10-16)23-13-19(25)24-15-11-17(27-2)20(29-4)18(12-15)28-3/h6-12,23H,13-14H2,1-5H3,(H,24,25). The molecule has 1 amide bonds. The van der Waals surface area contributed by atoms with Gasteiger partial charge < -0.3 is 29.0 Å². The number of methoxy groups -OCH3 is 4. The minimum absolute atomic E-state index is 0.0266. The summed E-state index contributed by atoms with van der Waals surface area (Å²) in [5.41, 5.74) is -0.793. The summed E-state index contributed by atoms with van der Waals surface area (Å²) >= 11 is 0. The lowest BCUT2D eigenvalue weighted by Crippen LogP contribution is -2.56. The fourth-order valence-corrected chi connectivity index (χ4v) is 2.79. The zero-order chi connectivity index (χ0) is 22.9. The number of rotatable bonds is 11. The van der Waals surface area contributed by atoms with Gasteiger partial charge in [0.15, 0.2) is 11.5 Å². The number of esters is 1. The predicted octanol–water partition coefficient (Wildman–Crippen LogP) is 2.25. The highest BCUT2D eigenvalue weighted by Crippen LogP contribution is 2.39. The Labute approximate surface area is 181 Å². The van der Waals surface area contributed by atoms with Crippen molar-refractivity contribution in [1.82, 2.24) is 5.32 Å². The molecule has 0 saturated carbocycles. The fraction of sp³-hybridized carbons (Fsp3) is 0.364. The zero-order valence-electron chi connectivity index (χ0n) is 18.3. The Kier molecular flexibility index (Phi) is 8.51. The van der Waals surface area contributed by atoms with Crippen molar-refractivity contribution in [1.29, 1.82) is 0 Å². The molecular formula is C22H28N2O7. The van der Waals surface area contributed by atoms with Crippen LogP contribution in [0.3, 0.4) is 0 Å². The van der Waals surface area contributed by atoms with Crippen molar-refractivity contribution in [3.8, 4) is 23.0 Å². The second-order valence-corrected chi connectivity index (χ2v) is 6.74. The van der Waals surface area contributed by atoms with Crippen molar-refractivity contribution in [2.24, 2.45) is 0 Å². The van der Waals surface area contributed by atoms with Crippen LogP contribution in [0.1, 0.15) is 6.92 Å². The van der Waals surface area contributed by atoms with E-state index in [4.69, 9.17) is 23.7 Å². The average molecular weight is 432 g/mol. The van der Waals surface area contributed by atoms with Crippen molar-refractivity contribution >= 4 is 17.6 Å². The molecule has 2 N–H and O–H groups in total. The number of carbonyl (C=O) groups is 2. The molecule has 9 heteroatoms. The van der Waals surface area contributed by atoms with E-state index in [-0.39, 0.29) is 19.1 Å². The van der Waals surface area contributed by atoms with Crippen molar-refractivity contribution in [3.05, 3.63) is 42.5 Å². The zero-order valence-corrected chi connectivity index (χ0v) is 18.3. The van der Waals surface area contributed by atoms with Crippen molar-refractivity contribution in [2.75, 3.05) is 46.9 Å². The third-order valence-corrected chi connectivity index (χ3v) is 4.49. The van der Waals surface area contributed by atoms with E-state index >= 15 is 0 Å². The Morgan fingerprint density at radius 1 is 0.935 bits per heavy atom. The Morgan fingerprint density at radius 2 is 1.55 bits per heavy atom. The van der Waals surface area contributed by atoms with Crippen LogP contribution in [0.2, 0.25) is 0 Å². The molecule has 9 nitrogen and oxygen atoms in total. The molecule has 0 radical (unpaired) electrons. The maximum atomic E-state index is 12.5. The first kappa shape index (κ1) is 23.8. The van der Waals surface area contributed by atoms with E-state index in [1.807, 2.05) is 18.2 Å². The van der Waals surface area contributed by atoms with Gasteiger partial charge in [-0.15, -0.1) is 0 Å². The highest BCUT2D eigenvalue weighted by Gasteiger charge is 2.35. The molecule has 0 aliphatic carbocycles. The van der Waals surface area contributed by atoms with Gasteiger partial charge in [-0.05, 0) is 19.1 Å². The van der Waals surface area contributed by atoms with Gasteiger partial charge in [-0.1, -0.05) is 18.2 Å². The summed E-state index contributed by atoms with van der Waals surface area (Å²) in [5, 5.41) is 5.65. The van der Waals surface area contributed by atoms with Gasteiger partial charge in [0.25, 0.3) is 0 Å². The van der Waals surface area contributed by atoms with Crippen LogP contribution in [0, 0.1) is 0 Å². The lowest BCUT2D eigenvalue weighted by molar-refractivity contribution is -0.149. The molecule has 0 saturated heterocycles. The summed E-state index contributed by atoms with van der Waals surface area (Å²) in [5.74, 6) is 0.883. The third kappa shape index (κ3) is 6.26. The van der Waals surface area contributed by atoms with Crippen LogP contribution in [0.25, 0.3) is 0 Å². The molecule has 1 unspecified atom stereocenters. The number of carbonyl (C=O) groups excluding carboxylic acids is 2. The van der Waals surface area contributed by atoms with Gasteiger partial charge in [0.2, 0.25) is 11.7 Å². The van der Waals surface area contributed by atoms with E-state index in [0.29, 0.717) is 28.7 Å². The van der Waals surface area contributed by atoms with Crippen LogP contribution < -0.4 is 29.6 Å². The minimum Gasteiger partial charge on any atom is -0.493 e. The molecule has 0 aromatic heterocycles. The molecule has 0 spiro atoms. The minimum atomic E-state index is -1.24. The lowest BCUT2D eigenvalue weighted by Gasteiger charge is -2.27. The van der Waals surface area contributed by atoms with E-state index in [2.05, 4.69) is 10.6 Å². The van der Waals surface area contributed by atoms with Crippen molar-refractivity contribution in [2.45, 2.75) is 12.5 Å². The topological polar surface area (TPSA) is 104 Å². The third-order valence-electron chi connectivity index (χ3n) is 4.49. The van der Waals surface area contributed by atoms with E-state index in [0.717, 1.165) is 0 Å². The van der Waals surface area contributed by atoms with Gasteiger partial charge in [-0.25, -0.2) is 4.79 Å². The Bertz CT molecular complexity index is 864. The molecule has 2 rings (SSSR count). The molecule has 1 atom stereocenters. The van der Waals surface area contributed by atoms with Crippen LogP contribution in [0.4, 0.5) is 5.69 Å². The number of amides is 1. The maximum absolute atomic E-state index is 12.5. The fourth-order valence-electron chi connectivity index (χ4n) is 2.79. The predicted molar refractivity (Wildman–Crippen MR) is 115 cm³/mol. The molecule has 168 valence electrons. The molecule has 2 aromatic rings. The lowest BCUT2D eigenvalue weighted by atomic mass is 10.0. The van der Waals surface area contributed by atoms with Gasteiger partial charge in [0, 0.05) is 17.8 Å². The first-order valence-electron chi connectivity index (χ1n) is 9.48. The van der Waals surface area contributed by atoms with Crippen LogP contribution in [-0.4, -0.2) is 59.0 Å². The first-order chi connectivity index (χ1) is 14.9. The van der Waals surface area contributed by atoms with Crippen LogP contribution in [-0.2, 0) is 14.3 Å². The van der Waals surface area contributed by atoms with E-state index in [1.54, 1.807) is 31.2 Å². The number of nitrogens with one attached hydrogen (secondary N) is 2. The summed E-state index contributed by atoms with van der Waals surface area (Å²) in [4.78, 5) is 24.8. The van der Waals surface area contributed by atoms with Gasteiger partial charge in [-0.3, -0.25) is 10.1 Å². The Balaban J connectivity index is 2.06. The van der Waals surface area contributed by atoms with Gasteiger partial charge >= 0.3 is 5.97 Å². The monoisotopic (exact) mass is 432 g/mol. The summed E-state index contributed by atoms with van der Waals surface area (Å²) < 4.78 is 26.4. The van der Waals surface area contributed by atoms with Crippen LogP contribution in [0.5, 0.6) is 23.0 Å². The number of anilines is 1. The number of benzene rings is 2. The average Bonchev–Trinajstić information content (AvgIpc) is 2.80. The molecule has 0 aliphatic rings. The number of ether oxygens (including phenoxy) is 5. The number of hydrogen-bond acceptors (Lipinski definition) is 8. The quantitative estimate of drug-likeness (QED) is 0.521. The summed E-state index contributed by atoms with van der Waals surface area (Å²) in [6, 6.07) is 12.3. The normalized spacial score (nSPS) is 12.3. The van der Waals surface area contributed by atoms with Gasteiger partial charge in [0.05, 0.1) is 35.0 Å². The molecule has 2 aromatic carbocycles. The number of hydrogen-bond donors (Lipinski definition) is 2. The molecule has 31 heavy (non-hydrogen) atoms.